The van der Waals surface area contributed by atoms with E-state index in [2.05, 4.69) is 30.9 Å². The molecule has 2 bridgehead atoms. The van der Waals surface area contributed by atoms with Crippen molar-refractivity contribution >= 4 is 11.6 Å². The largest absolute Gasteiger partial charge is 0.433 e. The number of aryl methyl sites for hydroxylation is 1. The lowest BCUT2D eigenvalue weighted by Gasteiger charge is -2.57. The number of aromatic nitrogens is 4. The molecule has 2 unspecified atom stereocenters. The Morgan fingerprint density at radius 1 is 1.00 bits per heavy atom. The fourth-order valence-corrected chi connectivity index (χ4v) is 4.14. The molecule has 3 aliphatic heterocycles. The Balaban J connectivity index is 1.36. The van der Waals surface area contributed by atoms with Crippen LogP contribution in [0.2, 0.25) is 0 Å². The van der Waals surface area contributed by atoms with Crippen LogP contribution in [-0.2, 0) is 6.18 Å². The van der Waals surface area contributed by atoms with E-state index in [0.717, 1.165) is 37.1 Å². The Bertz CT molecular complexity index is 870. The zero-order chi connectivity index (χ0) is 18.8. The molecule has 0 spiro atoms. The second kappa shape index (κ2) is 5.77. The Labute approximate surface area is 154 Å². The standard InChI is InChI=1S/C18H19F3N6/c1-10-24-15(18(19,20)21)6-17(25-10)27-12-4-13(27)8-26(7-12)16-5-14(11-2-3-11)22-9-23-16/h5-6,9,11-13H,2-4,7-8H2,1H3. The van der Waals surface area contributed by atoms with Crippen molar-refractivity contribution in [2.45, 2.75) is 50.4 Å². The maximum absolute atomic E-state index is 13.1. The summed E-state index contributed by atoms with van der Waals surface area (Å²) in [7, 11) is 0. The predicted octanol–water partition coefficient (Wildman–Crippen LogP) is 2.94. The molecule has 142 valence electrons. The number of piperazine rings is 1. The average Bonchev–Trinajstić information content (AvgIpc) is 3.46. The van der Waals surface area contributed by atoms with E-state index < -0.39 is 11.9 Å². The number of hydrogen-bond donors (Lipinski definition) is 0. The molecule has 4 aliphatic rings. The van der Waals surface area contributed by atoms with Crippen LogP contribution in [-0.4, -0.2) is 45.1 Å². The summed E-state index contributed by atoms with van der Waals surface area (Å²) >= 11 is 0. The third-order valence-electron chi connectivity index (χ3n) is 5.57. The molecule has 1 saturated carbocycles. The maximum Gasteiger partial charge on any atom is 0.433 e. The highest BCUT2D eigenvalue weighted by Gasteiger charge is 2.46. The number of alkyl halides is 3. The van der Waals surface area contributed by atoms with E-state index in [0.29, 0.717) is 11.7 Å². The van der Waals surface area contributed by atoms with Gasteiger partial charge in [0.2, 0.25) is 0 Å². The fourth-order valence-electron chi connectivity index (χ4n) is 4.14. The first-order chi connectivity index (χ1) is 12.9. The summed E-state index contributed by atoms with van der Waals surface area (Å²) in [6, 6.07) is 3.40. The molecule has 2 aromatic heterocycles. The van der Waals surface area contributed by atoms with E-state index in [1.165, 1.54) is 19.8 Å². The Kier molecular flexibility index (Phi) is 3.57. The molecular weight excluding hydrogens is 357 g/mol. The summed E-state index contributed by atoms with van der Waals surface area (Å²) in [6.45, 7) is 2.95. The zero-order valence-electron chi connectivity index (χ0n) is 14.8. The lowest BCUT2D eigenvalue weighted by molar-refractivity contribution is -0.141. The quantitative estimate of drug-likeness (QED) is 0.821. The van der Waals surface area contributed by atoms with E-state index >= 15 is 0 Å². The third kappa shape index (κ3) is 2.98. The van der Waals surface area contributed by atoms with Gasteiger partial charge in [0.1, 0.15) is 29.5 Å². The smallest absolute Gasteiger partial charge is 0.352 e. The number of rotatable bonds is 3. The van der Waals surface area contributed by atoms with E-state index in [1.54, 1.807) is 6.33 Å². The van der Waals surface area contributed by atoms with Gasteiger partial charge in [-0.2, -0.15) is 13.2 Å². The number of hydrogen-bond acceptors (Lipinski definition) is 6. The summed E-state index contributed by atoms with van der Waals surface area (Å²) in [5.74, 6) is 1.99. The third-order valence-corrected chi connectivity index (χ3v) is 5.57. The van der Waals surface area contributed by atoms with Crippen LogP contribution in [0, 0.1) is 6.92 Å². The van der Waals surface area contributed by atoms with Crippen molar-refractivity contribution < 1.29 is 13.2 Å². The van der Waals surface area contributed by atoms with E-state index in [1.807, 2.05) is 4.90 Å². The van der Waals surface area contributed by atoms with Crippen molar-refractivity contribution in [2.75, 3.05) is 22.9 Å². The second-order valence-electron chi connectivity index (χ2n) is 7.59. The highest BCUT2D eigenvalue weighted by molar-refractivity contribution is 5.53. The summed E-state index contributed by atoms with van der Waals surface area (Å²) in [5.41, 5.74) is 0.217. The summed E-state index contributed by atoms with van der Waals surface area (Å²) in [6.07, 6.45) is 0.481. The fraction of sp³-hybridized carbons (Fsp3) is 0.556. The molecule has 0 amide bonds. The van der Waals surface area contributed by atoms with E-state index in [-0.39, 0.29) is 17.9 Å². The van der Waals surface area contributed by atoms with Gasteiger partial charge in [0.15, 0.2) is 0 Å². The van der Waals surface area contributed by atoms with Crippen LogP contribution in [0.1, 0.15) is 42.4 Å². The van der Waals surface area contributed by atoms with Crippen LogP contribution in [0.15, 0.2) is 18.5 Å². The minimum atomic E-state index is -4.46. The summed E-state index contributed by atoms with van der Waals surface area (Å²) in [5, 5.41) is 0. The van der Waals surface area contributed by atoms with Gasteiger partial charge in [-0.1, -0.05) is 0 Å². The van der Waals surface area contributed by atoms with Crippen molar-refractivity contribution in [3.63, 3.8) is 0 Å². The second-order valence-corrected chi connectivity index (χ2v) is 7.59. The van der Waals surface area contributed by atoms with Crippen LogP contribution in [0.3, 0.4) is 0 Å². The Morgan fingerprint density at radius 2 is 1.74 bits per heavy atom. The van der Waals surface area contributed by atoms with Crippen LogP contribution >= 0.6 is 0 Å². The van der Waals surface area contributed by atoms with Crippen molar-refractivity contribution in [1.82, 2.24) is 19.9 Å². The Hall–Kier alpha value is -2.45. The molecule has 6 rings (SSSR count). The lowest BCUT2D eigenvalue weighted by atomic mass is 9.87. The van der Waals surface area contributed by atoms with E-state index in [9.17, 15) is 13.2 Å². The number of nitrogens with zero attached hydrogens (tertiary/aromatic N) is 6. The number of fused-ring (bicyclic) bond motifs is 2. The van der Waals surface area contributed by atoms with Gasteiger partial charge in [-0.3, -0.25) is 0 Å². The first kappa shape index (κ1) is 16.7. The molecule has 0 N–H and O–H groups in total. The molecule has 4 fully saturated rings. The highest BCUT2D eigenvalue weighted by Crippen LogP contribution is 2.41. The normalized spacial score (nSPS) is 24.7. The van der Waals surface area contributed by atoms with Crippen LogP contribution in [0.4, 0.5) is 24.8 Å². The molecule has 27 heavy (non-hydrogen) atoms. The van der Waals surface area contributed by atoms with E-state index in [4.69, 9.17) is 0 Å². The van der Waals surface area contributed by atoms with Crippen molar-refractivity contribution in [3.8, 4) is 0 Å². The molecule has 5 heterocycles. The van der Waals surface area contributed by atoms with Gasteiger partial charge < -0.3 is 9.80 Å². The summed E-state index contributed by atoms with van der Waals surface area (Å²) in [4.78, 5) is 20.8. The molecule has 1 aliphatic carbocycles. The molecule has 0 aromatic carbocycles. The molecule has 2 atom stereocenters. The topological polar surface area (TPSA) is 58.0 Å². The van der Waals surface area contributed by atoms with Gasteiger partial charge in [0.25, 0.3) is 0 Å². The predicted molar refractivity (Wildman–Crippen MR) is 92.7 cm³/mol. The van der Waals surface area contributed by atoms with Gasteiger partial charge in [0.05, 0.1) is 12.1 Å². The number of piperidine rings is 1. The molecule has 9 heteroatoms. The minimum absolute atomic E-state index is 0.137. The maximum atomic E-state index is 13.1. The summed E-state index contributed by atoms with van der Waals surface area (Å²) < 4.78 is 39.3. The van der Waals surface area contributed by atoms with Gasteiger partial charge in [-0.05, 0) is 26.2 Å². The minimum Gasteiger partial charge on any atom is -0.352 e. The van der Waals surface area contributed by atoms with Gasteiger partial charge in [0, 0.05) is 36.8 Å². The van der Waals surface area contributed by atoms with Crippen molar-refractivity contribution in [1.29, 1.82) is 0 Å². The van der Waals surface area contributed by atoms with Crippen molar-refractivity contribution in [3.05, 3.63) is 35.7 Å². The molecule has 0 radical (unpaired) electrons. The van der Waals surface area contributed by atoms with Crippen LogP contribution in [0.5, 0.6) is 0 Å². The number of halogens is 3. The van der Waals surface area contributed by atoms with Gasteiger partial charge in [-0.15, -0.1) is 0 Å². The van der Waals surface area contributed by atoms with Crippen molar-refractivity contribution in [2.24, 2.45) is 0 Å². The monoisotopic (exact) mass is 376 g/mol. The SMILES string of the molecule is Cc1nc(N2C3CC2CN(c2cc(C4CC4)ncn2)C3)cc(C(F)(F)F)n1. The molecule has 3 saturated heterocycles. The highest BCUT2D eigenvalue weighted by atomic mass is 19.4. The zero-order valence-corrected chi connectivity index (χ0v) is 14.8. The first-order valence-corrected chi connectivity index (χ1v) is 9.16. The molecule has 6 nitrogen and oxygen atoms in total. The molecular formula is C18H19F3N6. The van der Waals surface area contributed by atoms with Gasteiger partial charge >= 0.3 is 6.18 Å². The first-order valence-electron chi connectivity index (χ1n) is 9.16. The van der Waals surface area contributed by atoms with Crippen LogP contribution < -0.4 is 9.80 Å². The van der Waals surface area contributed by atoms with Gasteiger partial charge in [-0.25, -0.2) is 19.9 Å². The number of anilines is 2. The Morgan fingerprint density at radius 3 is 2.41 bits per heavy atom. The van der Waals surface area contributed by atoms with Crippen LogP contribution in [0.25, 0.3) is 0 Å². The lowest BCUT2D eigenvalue weighted by Crippen LogP contribution is -2.69. The molecule has 2 aromatic rings. The average molecular weight is 376 g/mol.